The summed E-state index contributed by atoms with van der Waals surface area (Å²) in [7, 11) is 0. The summed E-state index contributed by atoms with van der Waals surface area (Å²) in [6.07, 6.45) is 0. The van der Waals surface area contributed by atoms with E-state index in [1.807, 2.05) is 30.3 Å². The Balaban J connectivity index is 2.30. The molecule has 5 nitrogen and oxygen atoms in total. The molecule has 2 aromatic carbocycles. The van der Waals surface area contributed by atoms with Crippen LogP contribution in [-0.4, -0.2) is 8.76 Å². The summed E-state index contributed by atoms with van der Waals surface area (Å²) in [5, 5.41) is 3.07. The van der Waals surface area contributed by atoms with Crippen molar-refractivity contribution in [1.82, 2.24) is 0 Å². The first-order chi connectivity index (χ1) is 8.65. The molecule has 1 atom stereocenters. The van der Waals surface area contributed by atoms with Crippen molar-refractivity contribution in [3.63, 3.8) is 0 Å². The van der Waals surface area contributed by atoms with E-state index in [0.29, 0.717) is 11.4 Å². The molecule has 2 aromatic rings. The van der Waals surface area contributed by atoms with Crippen LogP contribution in [0.15, 0.2) is 48.5 Å². The molecule has 0 fully saturated rings. The van der Waals surface area contributed by atoms with Gasteiger partial charge in [0.15, 0.2) is 5.75 Å². The van der Waals surface area contributed by atoms with Crippen molar-refractivity contribution in [2.75, 3.05) is 11.1 Å². The number of nitrogens with two attached hydrogens (primary N) is 1. The fourth-order valence-corrected chi connectivity index (χ4v) is 1.77. The van der Waals surface area contributed by atoms with Gasteiger partial charge >= 0.3 is 11.4 Å². The van der Waals surface area contributed by atoms with Gasteiger partial charge in [-0.15, -0.1) is 0 Å². The molecule has 0 bridgehead atoms. The molecule has 0 radical (unpaired) electrons. The van der Waals surface area contributed by atoms with Gasteiger partial charge in [-0.3, -0.25) is 4.55 Å². The van der Waals surface area contributed by atoms with Gasteiger partial charge in [-0.1, -0.05) is 18.2 Å². The second-order valence-electron chi connectivity index (χ2n) is 3.55. The van der Waals surface area contributed by atoms with E-state index in [9.17, 15) is 4.21 Å². The minimum Gasteiger partial charge on any atom is -0.399 e. The lowest BCUT2D eigenvalue weighted by atomic mass is 10.2. The molecule has 18 heavy (non-hydrogen) atoms. The minimum atomic E-state index is -2.37. The molecule has 0 aromatic heterocycles. The van der Waals surface area contributed by atoms with E-state index >= 15 is 0 Å². The number of nitrogens with one attached hydrogen (secondary N) is 1. The third kappa shape index (κ3) is 3.22. The van der Waals surface area contributed by atoms with E-state index in [4.69, 9.17) is 14.5 Å². The molecule has 94 valence electrons. The summed E-state index contributed by atoms with van der Waals surface area (Å²) in [4.78, 5) is 0. The maximum absolute atomic E-state index is 10.7. The first-order valence-corrected chi connectivity index (χ1v) is 6.19. The van der Waals surface area contributed by atoms with Crippen LogP contribution < -0.4 is 15.2 Å². The van der Waals surface area contributed by atoms with Crippen LogP contribution >= 0.6 is 0 Å². The second kappa shape index (κ2) is 5.52. The van der Waals surface area contributed by atoms with Crippen molar-refractivity contribution in [3.8, 4) is 5.75 Å². The molecule has 0 aliphatic rings. The quantitative estimate of drug-likeness (QED) is 0.583. The lowest BCUT2D eigenvalue weighted by molar-refractivity contribution is 0.459. The SMILES string of the molecule is Nc1ccc(OS(=O)O)c(Nc2ccccc2)c1. The van der Waals surface area contributed by atoms with Crippen molar-refractivity contribution >= 4 is 28.4 Å². The zero-order valence-corrected chi connectivity index (χ0v) is 10.2. The van der Waals surface area contributed by atoms with E-state index in [1.54, 1.807) is 12.1 Å². The lowest BCUT2D eigenvalue weighted by Gasteiger charge is -2.11. The minimum absolute atomic E-state index is 0.258. The van der Waals surface area contributed by atoms with Crippen LogP contribution in [0.4, 0.5) is 17.1 Å². The molecule has 0 aliphatic carbocycles. The third-order valence-electron chi connectivity index (χ3n) is 2.22. The van der Waals surface area contributed by atoms with Crippen LogP contribution in [0.25, 0.3) is 0 Å². The monoisotopic (exact) mass is 264 g/mol. The molecule has 0 heterocycles. The number of hydrogen-bond acceptors (Lipinski definition) is 4. The van der Waals surface area contributed by atoms with Gasteiger partial charge in [0.05, 0.1) is 5.69 Å². The maximum Gasteiger partial charge on any atom is 0.357 e. The Morgan fingerprint density at radius 1 is 1.17 bits per heavy atom. The van der Waals surface area contributed by atoms with Crippen molar-refractivity contribution < 1.29 is 12.9 Å². The summed E-state index contributed by atoms with van der Waals surface area (Å²) >= 11 is -2.37. The third-order valence-corrected chi connectivity index (χ3v) is 2.54. The number of benzene rings is 2. The van der Waals surface area contributed by atoms with Crippen molar-refractivity contribution in [2.24, 2.45) is 0 Å². The van der Waals surface area contributed by atoms with Gasteiger partial charge in [0, 0.05) is 11.4 Å². The Labute approximate surface area is 107 Å². The van der Waals surface area contributed by atoms with E-state index in [2.05, 4.69) is 5.32 Å². The highest BCUT2D eigenvalue weighted by Gasteiger charge is 2.07. The van der Waals surface area contributed by atoms with E-state index < -0.39 is 11.4 Å². The standard InChI is InChI=1S/C12H12N2O3S/c13-9-6-7-12(17-18(15)16)11(8-9)14-10-4-2-1-3-5-10/h1-8,14H,13H2,(H,15,16). The first-order valence-electron chi connectivity index (χ1n) is 5.16. The molecule has 0 saturated heterocycles. The molecule has 1 unspecified atom stereocenters. The van der Waals surface area contributed by atoms with Gasteiger partial charge in [0.2, 0.25) is 0 Å². The van der Waals surface area contributed by atoms with Gasteiger partial charge in [0.1, 0.15) is 0 Å². The van der Waals surface area contributed by atoms with Crippen molar-refractivity contribution in [3.05, 3.63) is 48.5 Å². The van der Waals surface area contributed by atoms with E-state index in [-0.39, 0.29) is 5.75 Å². The Bertz CT molecular complexity index is 561. The normalized spacial score (nSPS) is 11.8. The van der Waals surface area contributed by atoms with Gasteiger partial charge in [-0.05, 0) is 30.3 Å². The number of anilines is 3. The predicted molar refractivity (Wildman–Crippen MR) is 72.0 cm³/mol. The zero-order chi connectivity index (χ0) is 13.0. The fourth-order valence-electron chi connectivity index (χ4n) is 1.47. The van der Waals surface area contributed by atoms with Gasteiger partial charge in [-0.25, -0.2) is 0 Å². The van der Waals surface area contributed by atoms with Gasteiger partial charge in [-0.2, -0.15) is 4.21 Å². The maximum atomic E-state index is 10.7. The molecule has 4 N–H and O–H groups in total. The summed E-state index contributed by atoms with van der Waals surface area (Å²) in [6.45, 7) is 0. The Morgan fingerprint density at radius 2 is 1.89 bits per heavy atom. The summed E-state index contributed by atoms with van der Waals surface area (Å²) < 4.78 is 24.2. The highest BCUT2D eigenvalue weighted by molar-refractivity contribution is 7.74. The van der Waals surface area contributed by atoms with E-state index in [0.717, 1.165) is 5.69 Å². The van der Waals surface area contributed by atoms with Gasteiger partial charge < -0.3 is 15.2 Å². The second-order valence-corrected chi connectivity index (χ2v) is 4.15. The molecule has 0 amide bonds. The molecule has 0 aliphatic heterocycles. The largest absolute Gasteiger partial charge is 0.399 e. The van der Waals surface area contributed by atoms with Crippen LogP contribution in [-0.2, 0) is 11.4 Å². The summed E-state index contributed by atoms with van der Waals surface area (Å²) in [5.41, 5.74) is 7.57. The predicted octanol–water partition coefficient (Wildman–Crippen LogP) is 2.53. The van der Waals surface area contributed by atoms with Crippen LogP contribution in [0.5, 0.6) is 5.75 Å². The number of nitrogen functional groups attached to an aromatic ring is 1. The van der Waals surface area contributed by atoms with Gasteiger partial charge in [0.25, 0.3) is 0 Å². The smallest absolute Gasteiger partial charge is 0.357 e. The molecule has 0 spiro atoms. The molecular weight excluding hydrogens is 252 g/mol. The summed E-state index contributed by atoms with van der Waals surface area (Å²) in [6, 6.07) is 14.1. The lowest BCUT2D eigenvalue weighted by Crippen LogP contribution is -2.01. The highest BCUT2D eigenvalue weighted by atomic mass is 32.2. The topological polar surface area (TPSA) is 84.6 Å². The van der Waals surface area contributed by atoms with Crippen LogP contribution in [0.1, 0.15) is 0 Å². The van der Waals surface area contributed by atoms with Crippen LogP contribution in [0, 0.1) is 0 Å². The number of para-hydroxylation sites is 1. The fraction of sp³-hybridized carbons (Fsp3) is 0. The Kier molecular flexibility index (Phi) is 3.81. The van der Waals surface area contributed by atoms with Crippen LogP contribution in [0.3, 0.4) is 0 Å². The Morgan fingerprint density at radius 3 is 2.56 bits per heavy atom. The average molecular weight is 264 g/mol. The molecular formula is C12H12N2O3S. The summed E-state index contributed by atoms with van der Waals surface area (Å²) in [5.74, 6) is 0.258. The average Bonchev–Trinajstić information content (AvgIpc) is 2.33. The highest BCUT2D eigenvalue weighted by Crippen LogP contribution is 2.30. The molecule has 2 rings (SSSR count). The zero-order valence-electron chi connectivity index (χ0n) is 9.37. The van der Waals surface area contributed by atoms with E-state index in [1.165, 1.54) is 6.07 Å². The number of hydrogen-bond donors (Lipinski definition) is 3. The Hall–Kier alpha value is -2.05. The van der Waals surface area contributed by atoms with Crippen molar-refractivity contribution in [1.29, 1.82) is 0 Å². The first kappa shape index (κ1) is 12.4. The molecule has 6 heteroatoms. The van der Waals surface area contributed by atoms with Crippen molar-refractivity contribution in [2.45, 2.75) is 0 Å². The number of rotatable bonds is 4. The van der Waals surface area contributed by atoms with Crippen LogP contribution in [0.2, 0.25) is 0 Å². The molecule has 0 saturated carbocycles.